The number of carbonyl (C=O) groups is 1. The van der Waals surface area contributed by atoms with Gasteiger partial charge in [0.15, 0.2) is 10.6 Å². The molecule has 162 valence electrons. The fraction of sp³-hybridized carbons (Fsp3) is 0.115. The molecule has 2 aromatic heterocycles. The Hall–Kier alpha value is -3.84. The van der Waals surface area contributed by atoms with Gasteiger partial charge in [-0.25, -0.2) is 9.37 Å². The van der Waals surface area contributed by atoms with Crippen LogP contribution in [0.2, 0.25) is 0 Å². The Balaban J connectivity index is 1.62. The minimum atomic E-state index is -0.764. The predicted octanol–water partition coefficient (Wildman–Crippen LogP) is 5.85. The van der Waals surface area contributed by atoms with Gasteiger partial charge in [0.05, 0.1) is 27.2 Å². The van der Waals surface area contributed by atoms with Gasteiger partial charge in [0.2, 0.25) is 5.76 Å². The van der Waals surface area contributed by atoms with Gasteiger partial charge < -0.3 is 4.42 Å². The zero-order chi connectivity index (χ0) is 22.7. The van der Waals surface area contributed by atoms with Crippen molar-refractivity contribution in [2.24, 2.45) is 0 Å². The second kappa shape index (κ2) is 7.35. The van der Waals surface area contributed by atoms with Crippen LogP contribution in [0.25, 0.3) is 21.2 Å². The van der Waals surface area contributed by atoms with Crippen LogP contribution in [0.4, 0.5) is 9.52 Å². The van der Waals surface area contributed by atoms with Gasteiger partial charge in [-0.05, 0) is 53.9 Å². The van der Waals surface area contributed by atoms with E-state index in [1.165, 1.54) is 33.9 Å². The standard InChI is InChI=1S/C26H17FN2O3S/c1-2-14-7-12-18-20(13-14)33-26(28-18)29-22(15-8-10-16(27)11-9-15)21-23(30)17-5-3-4-6-19(17)32-24(21)25(29)31/h3-13,22H,2H2,1H3/t22-/m1/s1. The van der Waals surface area contributed by atoms with Gasteiger partial charge in [-0.3, -0.25) is 14.5 Å². The molecule has 1 atom stereocenters. The Morgan fingerprint density at radius 2 is 1.85 bits per heavy atom. The number of aryl methyl sites for hydroxylation is 1. The first-order valence-electron chi connectivity index (χ1n) is 10.6. The van der Waals surface area contributed by atoms with E-state index >= 15 is 0 Å². The summed E-state index contributed by atoms with van der Waals surface area (Å²) in [6, 6.07) is 17.9. The molecule has 6 rings (SSSR count). The predicted molar refractivity (Wildman–Crippen MR) is 127 cm³/mol. The third-order valence-corrected chi connectivity index (χ3v) is 7.04. The molecule has 1 aliphatic rings. The number of para-hydroxylation sites is 1. The largest absolute Gasteiger partial charge is 0.450 e. The highest BCUT2D eigenvalue weighted by Gasteiger charge is 2.45. The van der Waals surface area contributed by atoms with Gasteiger partial charge in [0, 0.05) is 0 Å². The summed E-state index contributed by atoms with van der Waals surface area (Å²) >= 11 is 1.39. The van der Waals surface area contributed by atoms with Crippen molar-refractivity contribution in [1.29, 1.82) is 0 Å². The Morgan fingerprint density at radius 1 is 1.06 bits per heavy atom. The van der Waals surface area contributed by atoms with Crippen LogP contribution in [0.3, 0.4) is 0 Å². The van der Waals surface area contributed by atoms with E-state index in [1.54, 1.807) is 36.4 Å². The number of hydrogen-bond donors (Lipinski definition) is 0. The Labute approximate surface area is 191 Å². The summed E-state index contributed by atoms with van der Waals surface area (Å²) in [6.07, 6.45) is 0.889. The molecule has 0 fully saturated rings. The molecule has 0 saturated carbocycles. The van der Waals surface area contributed by atoms with Crippen molar-refractivity contribution >= 4 is 43.6 Å². The Morgan fingerprint density at radius 3 is 2.64 bits per heavy atom. The first kappa shape index (κ1) is 19.8. The Bertz CT molecular complexity index is 1620. The zero-order valence-corrected chi connectivity index (χ0v) is 18.4. The van der Waals surface area contributed by atoms with E-state index in [-0.39, 0.29) is 16.8 Å². The van der Waals surface area contributed by atoms with Crippen LogP contribution >= 0.6 is 11.3 Å². The van der Waals surface area contributed by atoms with Crippen molar-refractivity contribution < 1.29 is 13.6 Å². The Kier molecular flexibility index (Phi) is 4.41. The number of benzene rings is 3. The molecule has 3 aromatic carbocycles. The third kappa shape index (κ3) is 3.00. The lowest BCUT2D eigenvalue weighted by molar-refractivity contribution is 0.0971. The summed E-state index contributed by atoms with van der Waals surface area (Å²) in [5.41, 5.74) is 2.89. The maximum absolute atomic E-state index is 13.7. The van der Waals surface area contributed by atoms with Crippen LogP contribution in [0.5, 0.6) is 0 Å². The number of aromatic nitrogens is 1. The molecule has 33 heavy (non-hydrogen) atoms. The maximum atomic E-state index is 13.7. The van der Waals surface area contributed by atoms with Gasteiger partial charge in [0.1, 0.15) is 11.4 Å². The number of rotatable bonds is 3. The van der Waals surface area contributed by atoms with Crippen LogP contribution in [0.15, 0.2) is 75.9 Å². The van der Waals surface area contributed by atoms with Crippen molar-refractivity contribution in [3.63, 3.8) is 0 Å². The van der Waals surface area contributed by atoms with Crippen molar-refractivity contribution in [2.75, 3.05) is 4.90 Å². The monoisotopic (exact) mass is 456 g/mol. The minimum Gasteiger partial charge on any atom is -0.450 e. The summed E-state index contributed by atoms with van der Waals surface area (Å²) in [5, 5.41) is 0.863. The van der Waals surface area contributed by atoms with E-state index < -0.39 is 17.8 Å². The number of amides is 1. The average Bonchev–Trinajstić information content (AvgIpc) is 3.38. The molecule has 0 aliphatic carbocycles. The number of halogens is 1. The van der Waals surface area contributed by atoms with E-state index in [0.717, 1.165) is 16.6 Å². The molecule has 0 saturated heterocycles. The number of anilines is 1. The number of nitrogens with zero attached hydrogens (tertiary/aromatic N) is 2. The lowest BCUT2D eigenvalue weighted by Gasteiger charge is -2.22. The zero-order valence-electron chi connectivity index (χ0n) is 17.5. The molecule has 0 unspecified atom stereocenters. The molecule has 0 N–H and O–H groups in total. The number of hydrogen-bond acceptors (Lipinski definition) is 5. The summed E-state index contributed by atoms with van der Waals surface area (Å²) in [7, 11) is 0. The van der Waals surface area contributed by atoms with Gasteiger partial charge in [-0.2, -0.15) is 0 Å². The summed E-state index contributed by atoms with van der Waals surface area (Å²) in [4.78, 5) is 33.3. The van der Waals surface area contributed by atoms with Crippen molar-refractivity contribution in [3.05, 3.63) is 105 Å². The quantitative estimate of drug-likeness (QED) is 0.341. The van der Waals surface area contributed by atoms with Crippen LogP contribution in [0.1, 0.15) is 40.2 Å². The molecule has 7 heteroatoms. The number of carbonyl (C=O) groups excluding carboxylic acids is 1. The van der Waals surface area contributed by atoms with Crippen molar-refractivity contribution in [1.82, 2.24) is 4.98 Å². The molecular weight excluding hydrogens is 439 g/mol. The van der Waals surface area contributed by atoms with Crippen LogP contribution in [-0.4, -0.2) is 10.9 Å². The lowest BCUT2D eigenvalue weighted by Crippen LogP contribution is -2.29. The molecular formula is C26H17FN2O3S. The average molecular weight is 456 g/mol. The van der Waals surface area contributed by atoms with Gasteiger partial charge >= 0.3 is 0 Å². The van der Waals surface area contributed by atoms with E-state index in [0.29, 0.717) is 21.7 Å². The third-order valence-electron chi connectivity index (χ3n) is 6.02. The first-order valence-corrected chi connectivity index (χ1v) is 11.4. The van der Waals surface area contributed by atoms with Crippen LogP contribution in [0, 0.1) is 5.82 Å². The van der Waals surface area contributed by atoms with E-state index in [4.69, 9.17) is 9.40 Å². The molecule has 0 spiro atoms. The molecule has 0 bridgehead atoms. The topological polar surface area (TPSA) is 63.4 Å². The SMILES string of the molecule is CCc1ccc2nc(N3C(=O)c4oc5ccccc5c(=O)c4[C@H]3c3ccc(F)cc3)sc2c1. The second-order valence-corrected chi connectivity index (χ2v) is 8.96. The molecule has 5 nitrogen and oxygen atoms in total. The highest BCUT2D eigenvalue weighted by atomic mass is 32.1. The van der Waals surface area contributed by atoms with Crippen molar-refractivity contribution in [3.8, 4) is 0 Å². The summed E-state index contributed by atoms with van der Waals surface area (Å²) < 4.78 is 20.6. The first-order chi connectivity index (χ1) is 16.0. The summed E-state index contributed by atoms with van der Waals surface area (Å²) in [5.74, 6) is -0.828. The smallest absolute Gasteiger partial charge is 0.297 e. The minimum absolute atomic E-state index is 0.00142. The van der Waals surface area contributed by atoms with Crippen LogP contribution < -0.4 is 10.3 Å². The van der Waals surface area contributed by atoms with Gasteiger partial charge in [-0.1, -0.05) is 48.6 Å². The molecule has 3 heterocycles. The second-order valence-electron chi connectivity index (χ2n) is 7.95. The molecule has 1 aliphatic heterocycles. The molecule has 0 radical (unpaired) electrons. The van der Waals surface area contributed by atoms with Crippen molar-refractivity contribution in [2.45, 2.75) is 19.4 Å². The summed E-state index contributed by atoms with van der Waals surface area (Å²) in [6.45, 7) is 2.08. The van der Waals surface area contributed by atoms with Gasteiger partial charge in [0.25, 0.3) is 5.91 Å². The number of fused-ring (bicyclic) bond motifs is 3. The van der Waals surface area contributed by atoms with Crippen LogP contribution in [-0.2, 0) is 6.42 Å². The van der Waals surface area contributed by atoms with Gasteiger partial charge in [-0.15, -0.1) is 0 Å². The molecule has 1 amide bonds. The fourth-order valence-corrected chi connectivity index (χ4v) is 5.41. The fourth-order valence-electron chi connectivity index (χ4n) is 4.36. The highest BCUT2D eigenvalue weighted by Crippen LogP contribution is 2.43. The van der Waals surface area contributed by atoms with E-state index in [2.05, 4.69) is 13.0 Å². The normalized spacial score (nSPS) is 15.5. The highest BCUT2D eigenvalue weighted by molar-refractivity contribution is 7.22. The van der Waals surface area contributed by atoms with E-state index in [1.807, 2.05) is 12.1 Å². The lowest BCUT2D eigenvalue weighted by atomic mass is 9.99. The molecule has 5 aromatic rings. The number of thiazole rings is 1. The van der Waals surface area contributed by atoms with E-state index in [9.17, 15) is 14.0 Å². The maximum Gasteiger partial charge on any atom is 0.297 e.